The van der Waals surface area contributed by atoms with Crippen LogP contribution < -0.4 is 0 Å². The molecule has 33 heavy (non-hydrogen) atoms. The van der Waals surface area contributed by atoms with E-state index in [-0.39, 0.29) is 11.4 Å². The molecule has 4 rings (SSSR count). The largest absolute Gasteiger partial charge is 0.459 e. The van der Waals surface area contributed by atoms with E-state index in [1.165, 1.54) is 45.4 Å². The normalized spacial score (nSPS) is 48.0. The summed E-state index contributed by atoms with van der Waals surface area (Å²) in [4.78, 5) is 12.1. The molecule has 0 heterocycles. The highest BCUT2D eigenvalue weighted by Crippen LogP contribution is 2.69. The van der Waals surface area contributed by atoms with Crippen LogP contribution in [0.5, 0.6) is 0 Å². The van der Waals surface area contributed by atoms with Crippen LogP contribution >= 0.6 is 0 Å². The molecule has 0 radical (unpaired) electrons. The lowest BCUT2D eigenvalue weighted by Gasteiger charge is -2.65. The molecule has 0 aromatic rings. The molecule has 4 heteroatoms. The van der Waals surface area contributed by atoms with Crippen LogP contribution in [0.3, 0.4) is 0 Å². The summed E-state index contributed by atoms with van der Waals surface area (Å²) >= 11 is 0. The zero-order chi connectivity index (χ0) is 24.2. The topological polar surface area (TPSA) is 66.8 Å². The zero-order valence-corrected chi connectivity index (χ0v) is 22.1. The molecule has 4 nitrogen and oxygen atoms in total. The fraction of sp³-hybridized carbons (Fsp3) is 0.966. The van der Waals surface area contributed by atoms with Crippen molar-refractivity contribution in [1.82, 2.24) is 0 Å². The van der Waals surface area contributed by atoms with Crippen molar-refractivity contribution < 1.29 is 19.7 Å². The Balaban J connectivity index is 1.58. The summed E-state index contributed by atoms with van der Waals surface area (Å²) in [5.74, 6) is 3.63. The number of esters is 1. The Morgan fingerprint density at radius 2 is 1.76 bits per heavy atom. The van der Waals surface area contributed by atoms with Crippen molar-refractivity contribution in [3.63, 3.8) is 0 Å². The first-order valence-corrected chi connectivity index (χ1v) is 14.0. The molecule has 0 bridgehead atoms. The van der Waals surface area contributed by atoms with Gasteiger partial charge in [-0.3, -0.25) is 4.79 Å². The summed E-state index contributed by atoms with van der Waals surface area (Å²) in [6, 6.07) is 0. The highest BCUT2D eigenvalue weighted by molar-refractivity contribution is 5.66. The number of aliphatic hydroxyl groups is 2. The van der Waals surface area contributed by atoms with Crippen molar-refractivity contribution >= 4 is 5.97 Å². The number of hydrogen-bond acceptors (Lipinski definition) is 4. The minimum atomic E-state index is -1.12. The third kappa shape index (κ3) is 4.20. The molecule has 4 fully saturated rings. The number of carbonyl (C=O) groups excluding carboxylic acids is 1. The summed E-state index contributed by atoms with van der Waals surface area (Å²) in [7, 11) is 0. The second-order valence-electron chi connectivity index (χ2n) is 13.5. The van der Waals surface area contributed by atoms with Crippen molar-refractivity contribution in [3.05, 3.63) is 0 Å². The van der Waals surface area contributed by atoms with Crippen LogP contribution in [-0.4, -0.2) is 34.0 Å². The van der Waals surface area contributed by atoms with Crippen molar-refractivity contribution in [2.75, 3.05) is 0 Å². The van der Waals surface area contributed by atoms with Crippen molar-refractivity contribution in [2.45, 2.75) is 130 Å². The van der Waals surface area contributed by atoms with Crippen molar-refractivity contribution in [2.24, 2.45) is 46.3 Å². The molecule has 10 atom stereocenters. The molecule has 4 saturated carbocycles. The van der Waals surface area contributed by atoms with Crippen LogP contribution in [0.25, 0.3) is 0 Å². The highest BCUT2D eigenvalue weighted by Gasteiger charge is 2.68. The number of aliphatic hydroxyl groups excluding tert-OH is 1. The van der Waals surface area contributed by atoms with Gasteiger partial charge in [0.1, 0.15) is 11.7 Å². The monoisotopic (exact) mass is 462 g/mol. The van der Waals surface area contributed by atoms with E-state index in [0.717, 1.165) is 43.4 Å². The molecule has 2 N–H and O–H groups in total. The standard InChI is InChI=1S/C29H50O4/c1-18(2)8-7-9-19(3)23-10-11-24-22-16-26(33-20(4)30)29(32)17-21(31)12-15-28(29,6)25(22)13-14-27(23,24)5/h18-19,21-26,31-32H,7-17H2,1-6H3/t19-,21-,22+,23-,24+,25+,26-,27-,28-,29+/m1/s1. The molecular formula is C29H50O4. The van der Waals surface area contributed by atoms with Crippen LogP contribution in [0, 0.1) is 46.3 Å². The van der Waals surface area contributed by atoms with Gasteiger partial charge >= 0.3 is 5.97 Å². The van der Waals surface area contributed by atoms with Crippen LogP contribution in [0.2, 0.25) is 0 Å². The third-order valence-corrected chi connectivity index (χ3v) is 11.3. The quantitative estimate of drug-likeness (QED) is 0.466. The van der Waals surface area contributed by atoms with Crippen LogP contribution in [-0.2, 0) is 9.53 Å². The first-order valence-electron chi connectivity index (χ1n) is 14.0. The number of rotatable bonds is 6. The van der Waals surface area contributed by atoms with E-state index >= 15 is 0 Å². The maximum absolute atomic E-state index is 12.1. The summed E-state index contributed by atoms with van der Waals surface area (Å²) in [6.07, 6.45) is 10.7. The number of fused-ring (bicyclic) bond motifs is 5. The van der Waals surface area contributed by atoms with Gasteiger partial charge in [0, 0.05) is 18.8 Å². The first kappa shape index (κ1) is 25.5. The van der Waals surface area contributed by atoms with E-state index in [9.17, 15) is 15.0 Å². The Kier molecular flexibility index (Phi) is 7.04. The van der Waals surface area contributed by atoms with E-state index in [1.54, 1.807) is 0 Å². The maximum Gasteiger partial charge on any atom is 0.303 e. The Labute approximate surface area is 202 Å². The lowest BCUT2D eigenvalue weighted by atomic mass is 9.42. The fourth-order valence-corrected chi connectivity index (χ4v) is 9.60. The van der Waals surface area contributed by atoms with Crippen LogP contribution in [0.1, 0.15) is 112 Å². The van der Waals surface area contributed by atoms with Gasteiger partial charge in [-0.1, -0.05) is 53.9 Å². The lowest BCUT2D eigenvalue weighted by Crippen LogP contribution is -2.69. The predicted molar refractivity (Wildman–Crippen MR) is 131 cm³/mol. The van der Waals surface area contributed by atoms with Gasteiger partial charge in [0.05, 0.1) is 6.10 Å². The highest BCUT2D eigenvalue weighted by atomic mass is 16.6. The van der Waals surface area contributed by atoms with Gasteiger partial charge in [-0.2, -0.15) is 0 Å². The molecule has 4 aliphatic rings. The van der Waals surface area contributed by atoms with Gasteiger partial charge < -0.3 is 14.9 Å². The van der Waals surface area contributed by atoms with Crippen molar-refractivity contribution in [3.8, 4) is 0 Å². The number of carbonyl (C=O) groups is 1. The van der Waals surface area contributed by atoms with Crippen LogP contribution in [0.15, 0.2) is 0 Å². The summed E-state index contributed by atoms with van der Waals surface area (Å²) in [5, 5.41) is 22.5. The van der Waals surface area contributed by atoms with E-state index in [0.29, 0.717) is 29.6 Å². The summed E-state index contributed by atoms with van der Waals surface area (Å²) in [6.45, 7) is 13.4. The minimum Gasteiger partial charge on any atom is -0.459 e. The number of ether oxygens (including phenoxy) is 1. The van der Waals surface area contributed by atoms with Gasteiger partial charge in [0.25, 0.3) is 0 Å². The Bertz CT molecular complexity index is 720. The van der Waals surface area contributed by atoms with Gasteiger partial charge in [-0.05, 0) is 85.9 Å². The Morgan fingerprint density at radius 3 is 2.42 bits per heavy atom. The molecule has 0 saturated heterocycles. The average molecular weight is 463 g/mol. The first-order chi connectivity index (χ1) is 15.4. The van der Waals surface area contributed by atoms with E-state index in [1.807, 2.05) is 0 Å². The molecular weight excluding hydrogens is 412 g/mol. The molecule has 0 spiro atoms. The average Bonchev–Trinajstić information content (AvgIpc) is 3.07. The molecule has 0 aliphatic heterocycles. The molecule has 0 amide bonds. The Hall–Kier alpha value is -0.610. The predicted octanol–water partition coefficient (Wildman–Crippen LogP) is 6.13. The summed E-state index contributed by atoms with van der Waals surface area (Å²) in [5.41, 5.74) is -1.05. The fourth-order valence-electron chi connectivity index (χ4n) is 9.60. The van der Waals surface area contributed by atoms with Gasteiger partial charge in [-0.15, -0.1) is 0 Å². The van der Waals surface area contributed by atoms with Crippen LogP contribution in [0.4, 0.5) is 0 Å². The minimum absolute atomic E-state index is 0.294. The van der Waals surface area contributed by atoms with E-state index in [4.69, 9.17) is 4.74 Å². The van der Waals surface area contributed by atoms with E-state index < -0.39 is 17.8 Å². The maximum atomic E-state index is 12.1. The zero-order valence-electron chi connectivity index (χ0n) is 22.1. The molecule has 0 unspecified atom stereocenters. The third-order valence-electron chi connectivity index (χ3n) is 11.3. The Morgan fingerprint density at radius 1 is 1.03 bits per heavy atom. The lowest BCUT2D eigenvalue weighted by molar-refractivity contribution is -0.269. The molecule has 190 valence electrons. The second kappa shape index (κ2) is 9.12. The second-order valence-corrected chi connectivity index (χ2v) is 13.5. The van der Waals surface area contributed by atoms with Gasteiger partial charge in [-0.25, -0.2) is 0 Å². The van der Waals surface area contributed by atoms with Gasteiger partial charge in [0.15, 0.2) is 0 Å². The molecule has 4 aliphatic carbocycles. The number of hydrogen-bond donors (Lipinski definition) is 2. The van der Waals surface area contributed by atoms with E-state index in [2.05, 4.69) is 34.6 Å². The SMILES string of the molecule is CC(=O)O[C@@H]1C[C@H]2[C@@H]3CC[C@H]([C@H](C)CCCC(C)C)[C@@]3(C)CC[C@@H]2[C@@]2(C)CC[C@@H](O)C[C@]12O. The molecule has 0 aromatic carbocycles. The van der Waals surface area contributed by atoms with Gasteiger partial charge in [0.2, 0.25) is 0 Å². The molecule has 0 aromatic heterocycles. The van der Waals surface area contributed by atoms with Crippen molar-refractivity contribution in [1.29, 1.82) is 0 Å². The smallest absolute Gasteiger partial charge is 0.303 e. The summed E-state index contributed by atoms with van der Waals surface area (Å²) < 4.78 is 5.86.